The Morgan fingerprint density at radius 3 is 2.79 bits per heavy atom. The van der Waals surface area contributed by atoms with Crippen LogP contribution in [0, 0.1) is 5.92 Å². The van der Waals surface area contributed by atoms with E-state index in [1.165, 1.54) is 0 Å². The fourth-order valence-electron chi connectivity index (χ4n) is 2.49. The van der Waals surface area contributed by atoms with Gasteiger partial charge in [0, 0.05) is 19.3 Å². The van der Waals surface area contributed by atoms with Crippen molar-refractivity contribution in [3.63, 3.8) is 0 Å². The second-order valence-electron chi connectivity index (χ2n) is 5.21. The van der Waals surface area contributed by atoms with Gasteiger partial charge in [0.1, 0.15) is 12.4 Å². The zero-order chi connectivity index (χ0) is 13.5. The molecule has 1 atom stereocenters. The summed E-state index contributed by atoms with van der Waals surface area (Å²) >= 11 is 0. The standard InChI is InChI=1S/C16H20O3/c17-15-9-5-4-8-14(10-15)11-16(18)19-12-13-6-2-1-3-7-13/h1-3,6-7,14H,4-5,8-12H2. The van der Waals surface area contributed by atoms with Crippen LogP contribution in [0.25, 0.3) is 0 Å². The van der Waals surface area contributed by atoms with Crippen molar-refractivity contribution in [3.05, 3.63) is 35.9 Å². The smallest absolute Gasteiger partial charge is 0.306 e. The molecule has 0 bridgehead atoms. The third-order valence-electron chi connectivity index (χ3n) is 3.53. The molecule has 102 valence electrons. The van der Waals surface area contributed by atoms with Crippen LogP contribution >= 0.6 is 0 Å². The average molecular weight is 260 g/mol. The van der Waals surface area contributed by atoms with Crippen molar-refractivity contribution in [2.45, 2.75) is 45.1 Å². The number of carbonyl (C=O) groups is 2. The van der Waals surface area contributed by atoms with Gasteiger partial charge in [-0.1, -0.05) is 36.8 Å². The molecule has 0 spiro atoms. The maximum atomic E-state index is 11.8. The molecule has 0 heterocycles. The minimum Gasteiger partial charge on any atom is -0.461 e. The molecule has 1 unspecified atom stereocenters. The van der Waals surface area contributed by atoms with Gasteiger partial charge < -0.3 is 4.74 Å². The third-order valence-corrected chi connectivity index (χ3v) is 3.53. The van der Waals surface area contributed by atoms with Crippen LogP contribution in [0.4, 0.5) is 0 Å². The normalized spacial score (nSPS) is 19.8. The molecule has 1 saturated carbocycles. The first-order valence-corrected chi connectivity index (χ1v) is 6.95. The van der Waals surface area contributed by atoms with Crippen molar-refractivity contribution in [1.82, 2.24) is 0 Å². The summed E-state index contributed by atoms with van der Waals surface area (Å²) in [5.74, 6) is 0.278. The van der Waals surface area contributed by atoms with Crippen LogP contribution in [0.3, 0.4) is 0 Å². The highest BCUT2D eigenvalue weighted by atomic mass is 16.5. The van der Waals surface area contributed by atoms with Gasteiger partial charge in [-0.15, -0.1) is 0 Å². The van der Waals surface area contributed by atoms with E-state index in [0.717, 1.165) is 24.8 Å². The van der Waals surface area contributed by atoms with Gasteiger partial charge in [0.2, 0.25) is 0 Å². The van der Waals surface area contributed by atoms with Crippen molar-refractivity contribution < 1.29 is 14.3 Å². The second-order valence-corrected chi connectivity index (χ2v) is 5.21. The minimum absolute atomic E-state index is 0.179. The second kappa shape index (κ2) is 7.07. The van der Waals surface area contributed by atoms with E-state index >= 15 is 0 Å². The molecule has 0 aromatic heterocycles. The van der Waals surface area contributed by atoms with Gasteiger partial charge in [0.05, 0.1) is 0 Å². The molecule has 19 heavy (non-hydrogen) atoms. The van der Waals surface area contributed by atoms with Crippen LogP contribution in [0.1, 0.15) is 44.1 Å². The van der Waals surface area contributed by atoms with Crippen LogP contribution < -0.4 is 0 Å². The van der Waals surface area contributed by atoms with E-state index in [4.69, 9.17) is 4.74 Å². The van der Waals surface area contributed by atoms with Crippen LogP contribution in [-0.2, 0) is 20.9 Å². The Morgan fingerprint density at radius 2 is 2.00 bits per heavy atom. The first-order valence-electron chi connectivity index (χ1n) is 6.95. The monoisotopic (exact) mass is 260 g/mol. The van der Waals surface area contributed by atoms with Crippen LogP contribution in [0.5, 0.6) is 0 Å². The fraction of sp³-hybridized carbons (Fsp3) is 0.500. The largest absolute Gasteiger partial charge is 0.461 e. The van der Waals surface area contributed by atoms with Crippen molar-refractivity contribution in [1.29, 1.82) is 0 Å². The first kappa shape index (κ1) is 13.8. The summed E-state index contributed by atoms with van der Waals surface area (Å²) < 4.78 is 5.26. The first-order chi connectivity index (χ1) is 9.24. The van der Waals surface area contributed by atoms with Crippen molar-refractivity contribution >= 4 is 11.8 Å². The lowest BCUT2D eigenvalue weighted by molar-refractivity contribution is -0.146. The lowest BCUT2D eigenvalue weighted by Gasteiger charge is -2.12. The molecule has 3 heteroatoms. The summed E-state index contributed by atoms with van der Waals surface area (Å²) in [6.45, 7) is 0.320. The number of esters is 1. The summed E-state index contributed by atoms with van der Waals surface area (Å²) in [5.41, 5.74) is 0.993. The molecule has 0 N–H and O–H groups in total. The molecule has 1 aromatic rings. The van der Waals surface area contributed by atoms with Crippen molar-refractivity contribution in [2.24, 2.45) is 5.92 Å². The van der Waals surface area contributed by atoms with Crippen LogP contribution in [-0.4, -0.2) is 11.8 Å². The summed E-state index contributed by atoms with van der Waals surface area (Å²) in [6, 6.07) is 9.65. The maximum absolute atomic E-state index is 11.8. The number of hydrogen-bond donors (Lipinski definition) is 0. The molecular weight excluding hydrogens is 240 g/mol. The molecule has 1 fully saturated rings. The van der Waals surface area contributed by atoms with Gasteiger partial charge >= 0.3 is 5.97 Å². The van der Waals surface area contributed by atoms with E-state index in [2.05, 4.69) is 0 Å². The Bertz CT molecular complexity index is 425. The molecular formula is C16H20O3. The predicted octanol–water partition coefficient (Wildman–Crippen LogP) is 3.27. The summed E-state index contributed by atoms with van der Waals surface area (Å²) in [6.07, 6.45) is 4.57. The maximum Gasteiger partial charge on any atom is 0.306 e. The number of ether oxygens (including phenoxy) is 1. The van der Waals surface area contributed by atoms with E-state index in [9.17, 15) is 9.59 Å². The number of ketones is 1. The minimum atomic E-state index is -0.191. The number of benzene rings is 1. The molecule has 0 saturated heterocycles. The Labute approximate surface area is 114 Å². The molecule has 0 aliphatic heterocycles. The number of carbonyl (C=O) groups excluding carboxylic acids is 2. The molecule has 2 rings (SSSR count). The Kier molecular flexibility index (Phi) is 5.13. The van der Waals surface area contributed by atoms with Gasteiger partial charge in [0.25, 0.3) is 0 Å². The molecule has 1 aliphatic carbocycles. The highest BCUT2D eigenvalue weighted by Gasteiger charge is 2.21. The van der Waals surface area contributed by atoms with E-state index in [-0.39, 0.29) is 11.9 Å². The zero-order valence-electron chi connectivity index (χ0n) is 11.1. The summed E-state index contributed by atoms with van der Waals surface area (Å²) in [4.78, 5) is 23.3. The lowest BCUT2D eigenvalue weighted by Crippen LogP contribution is -2.13. The molecule has 1 aromatic carbocycles. The summed E-state index contributed by atoms with van der Waals surface area (Å²) in [5, 5.41) is 0. The van der Waals surface area contributed by atoms with Crippen LogP contribution in [0.2, 0.25) is 0 Å². The Balaban J connectivity index is 1.76. The SMILES string of the molecule is O=C1CCCCC(CC(=O)OCc2ccccc2)C1. The van der Waals surface area contributed by atoms with Gasteiger partial charge in [-0.3, -0.25) is 9.59 Å². The van der Waals surface area contributed by atoms with Crippen LogP contribution in [0.15, 0.2) is 30.3 Å². The molecule has 3 nitrogen and oxygen atoms in total. The molecule has 0 radical (unpaired) electrons. The highest BCUT2D eigenvalue weighted by molar-refractivity contribution is 5.79. The number of rotatable bonds is 4. The molecule has 0 amide bonds. The van der Waals surface area contributed by atoms with Gasteiger partial charge in [-0.25, -0.2) is 0 Å². The Morgan fingerprint density at radius 1 is 1.21 bits per heavy atom. The van der Waals surface area contributed by atoms with E-state index < -0.39 is 0 Å². The number of hydrogen-bond acceptors (Lipinski definition) is 3. The third kappa shape index (κ3) is 4.86. The zero-order valence-corrected chi connectivity index (χ0v) is 11.1. The van der Waals surface area contributed by atoms with E-state index in [0.29, 0.717) is 31.7 Å². The van der Waals surface area contributed by atoms with Crippen molar-refractivity contribution in [3.8, 4) is 0 Å². The van der Waals surface area contributed by atoms with E-state index in [1.807, 2.05) is 30.3 Å². The van der Waals surface area contributed by atoms with Crippen molar-refractivity contribution in [2.75, 3.05) is 0 Å². The topological polar surface area (TPSA) is 43.4 Å². The highest BCUT2D eigenvalue weighted by Crippen LogP contribution is 2.24. The Hall–Kier alpha value is -1.64. The lowest BCUT2D eigenvalue weighted by atomic mass is 9.96. The van der Waals surface area contributed by atoms with E-state index in [1.54, 1.807) is 0 Å². The number of Topliss-reactive ketones (excluding diaryl/α,β-unsaturated/α-hetero) is 1. The average Bonchev–Trinajstić information content (AvgIpc) is 2.62. The van der Waals surface area contributed by atoms with Gasteiger partial charge in [-0.05, 0) is 24.3 Å². The molecule has 1 aliphatic rings. The summed E-state index contributed by atoms with van der Waals surface area (Å²) in [7, 11) is 0. The predicted molar refractivity (Wildman–Crippen MR) is 72.4 cm³/mol. The fourth-order valence-corrected chi connectivity index (χ4v) is 2.49. The van der Waals surface area contributed by atoms with Gasteiger partial charge in [-0.2, -0.15) is 0 Å². The quantitative estimate of drug-likeness (QED) is 0.616. The van der Waals surface area contributed by atoms with Gasteiger partial charge in [0.15, 0.2) is 0 Å².